The Morgan fingerprint density at radius 3 is 2.78 bits per heavy atom. The van der Waals surface area contributed by atoms with E-state index >= 15 is 0 Å². The van der Waals surface area contributed by atoms with E-state index in [0.717, 1.165) is 35.9 Å². The number of hydrogen-bond donors (Lipinski definition) is 1. The standard InChI is InChI=1S/C29H22FN5O2/c1-37-26-9-8-20(14-23(26)30)35-28(25-7-4-10-32-25)34-27-21(11-17(15-31)12-22(27)29(35)36)19-13-18-5-2-3-6-24(18)33-16-19/h2-3,5-6,8-9,11-14,16,25,32H,4,7,10H2,1H3. The zero-order valence-electron chi connectivity index (χ0n) is 20.0. The molecular formula is C29H22FN5O2. The van der Waals surface area contributed by atoms with Gasteiger partial charge in [-0.15, -0.1) is 0 Å². The van der Waals surface area contributed by atoms with Crippen LogP contribution in [0.5, 0.6) is 5.75 Å². The second kappa shape index (κ2) is 9.12. The molecule has 3 aromatic carbocycles. The summed E-state index contributed by atoms with van der Waals surface area (Å²) in [6, 6.07) is 19.4. The van der Waals surface area contributed by atoms with E-state index < -0.39 is 5.82 Å². The van der Waals surface area contributed by atoms with Crippen molar-refractivity contribution in [2.75, 3.05) is 13.7 Å². The van der Waals surface area contributed by atoms with E-state index in [-0.39, 0.29) is 22.7 Å². The lowest BCUT2D eigenvalue weighted by Crippen LogP contribution is -2.29. The second-order valence-electron chi connectivity index (χ2n) is 9.03. The number of nitrogens with zero attached hydrogens (tertiary/aromatic N) is 4. The van der Waals surface area contributed by atoms with E-state index in [9.17, 15) is 14.4 Å². The van der Waals surface area contributed by atoms with Crippen LogP contribution in [0, 0.1) is 17.1 Å². The molecule has 1 fully saturated rings. The van der Waals surface area contributed by atoms with Crippen LogP contribution in [-0.4, -0.2) is 28.2 Å². The molecule has 37 heavy (non-hydrogen) atoms. The van der Waals surface area contributed by atoms with Gasteiger partial charge in [0.05, 0.1) is 46.9 Å². The van der Waals surface area contributed by atoms with E-state index in [1.54, 1.807) is 24.4 Å². The lowest BCUT2D eigenvalue weighted by Gasteiger charge is -2.20. The minimum Gasteiger partial charge on any atom is -0.494 e. The quantitative estimate of drug-likeness (QED) is 0.378. The summed E-state index contributed by atoms with van der Waals surface area (Å²) in [5, 5.41) is 14.4. The summed E-state index contributed by atoms with van der Waals surface area (Å²) >= 11 is 0. The molecule has 1 saturated heterocycles. The third kappa shape index (κ3) is 3.90. The van der Waals surface area contributed by atoms with Crippen LogP contribution in [0.3, 0.4) is 0 Å². The number of benzene rings is 3. The molecule has 1 aliphatic heterocycles. The van der Waals surface area contributed by atoms with Crippen molar-refractivity contribution in [1.29, 1.82) is 5.26 Å². The molecule has 0 saturated carbocycles. The molecule has 1 N–H and O–H groups in total. The molecule has 5 aromatic rings. The van der Waals surface area contributed by atoms with E-state index in [1.165, 1.54) is 23.8 Å². The van der Waals surface area contributed by atoms with Gasteiger partial charge >= 0.3 is 0 Å². The SMILES string of the molecule is COc1ccc(-n2c(C3CCCN3)nc3c(-c4cnc5ccccc5c4)cc(C#N)cc3c2=O)cc1F. The van der Waals surface area contributed by atoms with Crippen molar-refractivity contribution in [3.05, 3.63) is 94.4 Å². The van der Waals surface area contributed by atoms with Gasteiger partial charge in [-0.05, 0) is 55.8 Å². The zero-order valence-corrected chi connectivity index (χ0v) is 20.0. The molecule has 1 unspecified atom stereocenters. The topological polar surface area (TPSA) is 92.8 Å². The van der Waals surface area contributed by atoms with Crippen molar-refractivity contribution < 1.29 is 9.13 Å². The van der Waals surface area contributed by atoms with Crippen LogP contribution in [0.2, 0.25) is 0 Å². The minimum absolute atomic E-state index is 0.0870. The minimum atomic E-state index is -0.578. The van der Waals surface area contributed by atoms with Crippen molar-refractivity contribution in [3.8, 4) is 28.6 Å². The number of methoxy groups -OCH3 is 1. The molecule has 1 aliphatic rings. The van der Waals surface area contributed by atoms with Gasteiger partial charge in [-0.2, -0.15) is 5.26 Å². The number of para-hydroxylation sites is 1. The van der Waals surface area contributed by atoms with Gasteiger partial charge in [-0.3, -0.25) is 14.3 Å². The molecule has 2 aromatic heterocycles. The Morgan fingerprint density at radius 2 is 2.03 bits per heavy atom. The Hall–Kier alpha value is -4.61. The molecule has 1 atom stereocenters. The number of fused-ring (bicyclic) bond motifs is 2. The van der Waals surface area contributed by atoms with Crippen LogP contribution < -0.4 is 15.6 Å². The predicted molar refractivity (Wildman–Crippen MR) is 139 cm³/mol. The van der Waals surface area contributed by atoms with Gasteiger partial charge < -0.3 is 10.1 Å². The largest absolute Gasteiger partial charge is 0.494 e. The third-order valence-corrected chi connectivity index (χ3v) is 6.80. The highest BCUT2D eigenvalue weighted by Crippen LogP contribution is 2.32. The molecule has 3 heterocycles. The number of rotatable bonds is 4. The molecule has 182 valence electrons. The van der Waals surface area contributed by atoms with Gasteiger partial charge in [-0.25, -0.2) is 9.37 Å². The maximum atomic E-state index is 14.7. The summed E-state index contributed by atoms with van der Waals surface area (Å²) < 4.78 is 21.2. The van der Waals surface area contributed by atoms with Crippen LogP contribution in [0.4, 0.5) is 4.39 Å². The number of pyridine rings is 1. The van der Waals surface area contributed by atoms with Crippen molar-refractivity contribution in [2.45, 2.75) is 18.9 Å². The predicted octanol–water partition coefficient (Wildman–Crippen LogP) is 5.04. The van der Waals surface area contributed by atoms with E-state index in [0.29, 0.717) is 28.2 Å². The molecular weight excluding hydrogens is 469 g/mol. The maximum absolute atomic E-state index is 14.7. The number of halogens is 1. The summed E-state index contributed by atoms with van der Waals surface area (Å²) in [5.74, 6) is 0.00856. The lowest BCUT2D eigenvalue weighted by atomic mass is 9.99. The molecule has 0 radical (unpaired) electrons. The van der Waals surface area contributed by atoms with Crippen molar-refractivity contribution >= 4 is 21.8 Å². The smallest absolute Gasteiger partial charge is 0.266 e. The van der Waals surface area contributed by atoms with E-state index in [1.807, 2.05) is 30.3 Å². The van der Waals surface area contributed by atoms with Crippen LogP contribution in [-0.2, 0) is 0 Å². The first-order chi connectivity index (χ1) is 18.1. The average Bonchev–Trinajstić information content (AvgIpc) is 3.47. The first-order valence-corrected chi connectivity index (χ1v) is 12.0. The fraction of sp³-hybridized carbons (Fsp3) is 0.172. The molecule has 0 aliphatic carbocycles. The third-order valence-electron chi connectivity index (χ3n) is 6.80. The van der Waals surface area contributed by atoms with E-state index in [2.05, 4.69) is 16.4 Å². The summed E-state index contributed by atoms with van der Waals surface area (Å²) in [5.41, 5.74) is 3.04. The monoisotopic (exact) mass is 491 g/mol. The highest BCUT2D eigenvalue weighted by atomic mass is 19.1. The van der Waals surface area contributed by atoms with Crippen LogP contribution >= 0.6 is 0 Å². The Balaban J connectivity index is 1.67. The Labute approximate surface area is 211 Å². The van der Waals surface area contributed by atoms with Gasteiger partial charge in [0.2, 0.25) is 0 Å². The Bertz CT molecular complexity index is 1780. The average molecular weight is 492 g/mol. The lowest BCUT2D eigenvalue weighted by molar-refractivity contribution is 0.386. The fourth-order valence-electron chi connectivity index (χ4n) is 4.99. The molecule has 0 bridgehead atoms. The van der Waals surface area contributed by atoms with Gasteiger partial charge in [0.1, 0.15) is 5.82 Å². The highest BCUT2D eigenvalue weighted by Gasteiger charge is 2.26. The van der Waals surface area contributed by atoms with Crippen molar-refractivity contribution in [1.82, 2.24) is 19.9 Å². The van der Waals surface area contributed by atoms with Crippen molar-refractivity contribution in [2.24, 2.45) is 0 Å². The number of nitrogens with one attached hydrogen (secondary N) is 1. The number of nitriles is 1. The van der Waals surface area contributed by atoms with Gasteiger partial charge in [0, 0.05) is 28.8 Å². The summed E-state index contributed by atoms with van der Waals surface area (Å²) in [7, 11) is 1.39. The van der Waals surface area contributed by atoms with Gasteiger partial charge in [0.25, 0.3) is 5.56 Å². The molecule has 0 amide bonds. The second-order valence-corrected chi connectivity index (χ2v) is 9.03. The van der Waals surface area contributed by atoms with E-state index in [4.69, 9.17) is 9.72 Å². The van der Waals surface area contributed by atoms with Crippen molar-refractivity contribution in [3.63, 3.8) is 0 Å². The van der Waals surface area contributed by atoms with Crippen LogP contribution in [0.25, 0.3) is 38.6 Å². The molecule has 6 rings (SSSR count). The fourth-order valence-corrected chi connectivity index (χ4v) is 4.99. The molecule has 0 spiro atoms. The zero-order chi connectivity index (χ0) is 25.5. The number of aromatic nitrogens is 3. The first kappa shape index (κ1) is 22.8. The number of ether oxygens (including phenoxy) is 1. The molecule has 7 nitrogen and oxygen atoms in total. The maximum Gasteiger partial charge on any atom is 0.266 e. The Morgan fingerprint density at radius 1 is 1.16 bits per heavy atom. The highest BCUT2D eigenvalue weighted by molar-refractivity contribution is 5.96. The first-order valence-electron chi connectivity index (χ1n) is 12.0. The Kier molecular flexibility index (Phi) is 5.63. The van der Waals surface area contributed by atoms with Crippen LogP contribution in [0.15, 0.2) is 71.7 Å². The summed E-state index contributed by atoms with van der Waals surface area (Å²) in [4.78, 5) is 23.6. The summed E-state index contributed by atoms with van der Waals surface area (Å²) in [6.45, 7) is 0.796. The normalized spacial score (nSPS) is 15.2. The summed E-state index contributed by atoms with van der Waals surface area (Å²) in [6.07, 6.45) is 3.46. The van der Waals surface area contributed by atoms with Gasteiger partial charge in [0.15, 0.2) is 11.6 Å². The number of hydrogen-bond acceptors (Lipinski definition) is 6. The van der Waals surface area contributed by atoms with Crippen LogP contribution in [0.1, 0.15) is 30.3 Å². The van der Waals surface area contributed by atoms with Gasteiger partial charge in [-0.1, -0.05) is 18.2 Å². The molecule has 8 heteroatoms.